The van der Waals surface area contributed by atoms with E-state index in [1.54, 1.807) is 7.11 Å². The fourth-order valence-electron chi connectivity index (χ4n) is 2.23. The molecule has 0 aromatic heterocycles. The molecule has 0 radical (unpaired) electrons. The summed E-state index contributed by atoms with van der Waals surface area (Å²) >= 11 is 0. The molecule has 0 aliphatic carbocycles. The van der Waals surface area contributed by atoms with E-state index in [-0.39, 0.29) is 12.5 Å². The number of carbonyl (C=O) groups excluding carboxylic acids is 1. The van der Waals surface area contributed by atoms with Gasteiger partial charge in [0, 0.05) is 7.11 Å². The van der Waals surface area contributed by atoms with Crippen LogP contribution in [0.4, 0.5) is 0 Å². The lowest BCUT2D eigenvalue weighted by atomic mass is 10.2. The van der Waals surface area contributed by atoms with Gasteiger partial charge in [-0.15, -0.1) is 0 Å². The van der Waals surface area contributed by atoms with Crippen molar-refractivity contribution < 1.29 is 14.3 Å². The first-order chi connectivity index (χ1) is 6.33. The summed E-state index contributed by atoms with van der Waals surface area (Å²) in [5, 5.41) is 0. The lowest BCUT2D eigenvalue weighted by Gasteiger charge is -2.34. The van der Waals surface area contributed by atoms with Gasteiger partial charge in [0.25, 0.3) is 0 Å². The third-order valence-electron chi connectivity index (χ3n) is 2.80. The highest BCUT2D eigenvalue weighted by Crippen LogP contribution is 2.28. The van der Waals surface area contributed by atoms with Crippen LogP contribution in [-0.4, -0.2) is 49.8 Å². The van der Waals surface area contributed by atoms with Crippen molar-refractivity contribution >= 4 is 5.91 Å². The number of nitrogens with zero attached hydrogens (tertiary/aromatic N) is 1. The maximum Gasteiger partial charge on any atom is 0.249 e. The molecule has 2 unspecified atom stereocenters. The van der Waals surface area contributed by atoms with E-state index in [0.717, 1.165) is 12.8 Å². The van der Waals surface area contributed by atoms with Crippen LogP contribution in [0.3, 0.4) is 0 Å². The number of carbonyl (C=O) groups is 1. The normalized spacial score (nSPS) is 32.2. The van der Waals surface area contributed by atoms with Gasteiger partial charge in [-0.05, 0) is 12.8 Å². The number of methoxy groups -OCH3 is 1. The van der Waals surface area contributed by atoms with Gasteiger partial charge in [0.15, 0.2) is 0 Å². The van der Waals surface area contributed by atoms with Crippen LogP contribution in [0.25, 0.3) is 0 Å². The fraction of sp³-hybridized carbons (Fsp3) is 0.889. The van der Waals surface area contributed by atoms with Gasteiger partial charge in [-0.3, -0.25) is 4.79 Å². The van der Waals surface area contributed by atoms with Gasteiger partial charge in [-0.25, -0.2) is 0 Å². The SMILES string of the molecule is COCC(=O)N1C2CCC1COC2. The topological polar surface area (TPSA) is 38.8 Å². The van der Waals surface area contributed by atoms with E-state index in [4.69, 9.17) is 9.47 Å². The number of amides is 1. The Balaban J connectivity index is 2.02. The van der Waals surface area contributed by atoms with Gasteiger partial charge < -0.3 is 14.4 Å². The highest BCUT2D eigenvalue weighted by Gasteiger charge is 2.39. The third kappa shape index (κ3) is 1.56. The largest absolute Gasteiger partial charge is 0.377 e. The minimum atomic E-state index is 0.110. The molecular weight excluding hydrogens is 170 g/mol. The molecule has 4 heteroatoms. The fourth-order valence-corrected chi connectivity index (χ4v) is 2.23. The molecule has 0 aromatic carbocycles. The van der Waals surface area contributed by atoms with Crippen molar-refractivity contribution in [2.75, 3.05) is 26.9 Å². The van der Waals surface area contributed by atoms with Crippen LogP contribution in [0.15, 0.2) is 0 Å². The van der Waals surface area contributed by atoms with Crippen LogP contribution in [-0.2, 0) is 14.3 Å². The summed E-state index contributed by atoms with van der Waals surface area (Å²) in [5.74, 6) is 0.110. The Morgan fingerprint density at radius 2 is 2.08 bits per heavy atom. The van der Waals surface area contributed by atoms with Gasteiger partial charge in [0.2, 0.25) is 5.91 Å². The van der Waals surface area contributed by atoms with Crippen molar-refractivity contribution in [3.63, 3.8) is 0 Å². The Morgan fingerprint density at radius 3 is 2.62 bits per heavy atom. The predicted molar refractivity (Wildman–Crippen MR) is 46.4 cm³/mol. The van der Waals surface area contributed by atoms with E-state index in [1.807, 2.05) is 4.90 Å². The number of fused-ring (bicyclic) bond motifs is 2. The number of rotatable bonds is 2. The minimum absolute atomic E-state index is 0.110. The minimum Gasteiger partial charge on any atom is -0.377 e. The molecule has 0 N–H and O–H groups in total. The number of morpholine rings is 1. The Labute approximate surface area is 77.8 Å². The second-order valence-electron chi connectivity index (χ2n) is 3.66. The lowest BCUT2D eigenvalue weighted by Crippen LogP contribution is -2.50. The maximum atomic E-state index is 11.6. The molecule has 2 fully saturated rings. The molecule has 2 saturated heterocycles. The molecule has 0 spiro atoms. The summed E-state index contributed by atoms with van der Waals surface area (Å²) in [7, 11) is 1.56. The van der Waals surface area contributed by atoms with Crippen LogP contribution >= 0.6 is 0 Å². The highest BCUT2D eigenvalue weighted by atomic mass is 16.5. The molecule has 2 bridgehead atoms. The lowest BCUT2D eigenvalue weighted by molar-refractivity contribution is -0.144. The summed E-state index contributed by atoms with van der Waals surface area (Å²) in [5.41, 5.74) is 0. The molecule has 2 atom stereocenters. The van der Waals surface area contributed by atoms with Crippen LogP contribution in [0.1, 0.15) is 12.8 Å². The van der Waals surface area contributed by atoms with E-state index in [9.17, 15) is 4.79 Å². The molecule has 0 aromatic rings. The van der Waals surface area contributed by atoms with Crippen molar-refractivity contribution in [1.29, 1.82) is 0 Å². The van der Waals surface area contributed by atoms with Crippen molar-refractivity contribution in [3.8, 4) is 0 Å². The van der Waals surface area contributed by atoms with Crippen LogP contribution in [0.5, 0.6) is 0 Å². The first kappa shape index (κ1) is 8.97. The highest BCUT2D eigenvalue weighted by molar-refractivity contribution is 5.78. The molecule has 2 rings (SSSR count). The first-order valence-electron chi connectivity index (χ1n) is 4.70. The molecule has 13 heavy (non-hydrogen) atoms. The molecule has 2 aliphatic rings. The second-order valence-corrected chi connectivity index (χ2v) is 3.66. The predicted octanol–water partition coefficient (Wildman–Crippen LogP) is 0.0226. The zero-order chi connectivity index (χ0) is 9.26. The van der Waals surface area contributed by atoms with Gasteiger partial charge in [-0.2, -0.15) is 0 Å². The van der Waals surface area contributed by atoms with Gasteiger partial charge in [0.1, 0.15) is 6.61 Å². The number of ether oxygens (including phenoxy) is 2. The van der Waals surface area contributed by atoms with Crippen molar-refractivity contribution in [2.24, 2.45) is 0 Å². The quantitative estimate of drug-likeness (QED) is 0.609. The molecule has 2 aliphatic heterocycles. The van der Waals surface area contributed by atoms with Crippen LogP contribution in [0, 0.1) is 0 Å². The van der Waals surface area contributed by atoms with Gasteiger partial charge in [0.05, 0.1) is 25.3 Å². The monoisotopic (exact) mass is 185 g/mol. The smallest absolute Gasteiger partial charge is 0.249 e. The zero-order valence-corrected chi connectivity index (χ0v) is 7.86. The van der Waals surface area contributed by atoms with E-state index in [0.29, 0.717) is 25.3 Å². The average Bonchev–Trinajstić information content (AvgIpc) is 2.37. The van der Waals surface area contributed by atoms with Gasteiger partial charge in [-0.1, -0.05) is 0 Å². The first-order valence-corrected chi connectivity index (χ1v) is 4.70. The van der Waals surface area contributed by atoms with Crippen LogP contribution < -0.4 is 0 Å². The van der Waals surface area contributed by atoms with Crippen molar-refractivity contribution in [1.82, 2.24) is 4.90 Å². The summed E-state index contributed by atoms with van der Waals surface area (Å²) in [6.45, 7) is 1.60. The average molecular weight is 185 g/mol. The van der Waals surface area contributed by atoms with E-state index < -0.39 is 0 Å². The number of hydrogen-bond acceptors (Lipinski definition) is 3. The van der Waals surface area contributed by atoms with E-state index in [2.05, 4.69) is 0 Å². The molecule has 2 heterocycles. The Morgan fingerprint density at radius 1 is 1.46 bits per heavy atom. The van der Waals surface area contributed by atoms with E-state index in [1.165, 1.54) is 0 Å². The Bertz CT molecular complexity index is 191. The number of hydrogen-bond donors (Lipinski definition) is 0. The summed E-state index contributed by atoms with van der Waals surface area (Å²) < 4.78 is 10.2. The Kier molecular flexibility index (Phi) is 2.51. The maximum absolute atomic E-state index is 11.6. The van der Waals surface area contributed by atoms with Crippen molar-refractivity contribution in [2.45, 2.75) is 24.9 Å². The standard InChI is InChI=1S/C9H15NO3/c1-12-6-9(11)10-7-2-3-8(10)5-13-4-7/h7-8H,2-6H2,1H3. The van der Waals surface area contributed by atoms with E-state index >= 15 is 0 Å². The third-order valence-corrected chi connectivity index (χ3v) is 2.80. The molecule has 74 valence electrons. The molecule has 4 nitrogen and oxygen atoms in total. The van der Waals surface area contributed by atoms with Crippen molar-refractivity contribution in [3.05, 3.63) is 0 Å². The second kappa shape index (κ2) is 3.64. The zero-order valence-electron chi connectivity index (χ0n) is 7.86. The molecular formula is C9H15NO3. The Hall–Kier alpha value is -0.610. The molecule has 1 amide bonds. The van der Waals surface area contributed by atoms with Gasteiger partial charge >= 0.3 is 0 Å². The summed E-state index contributed by atoms with van der Waals surface area (Å²) in [6, 6.07) is 0.614. The summed E-state index contributed by atoms with van der Waals surface area (Å²) in [4.78, 5) is 13.6. The van der Waals surface area contributed by atoms with Crippen LogP contribution in [0.2, 0.25) is 0 Å². The summed E-state index contributed by atoms with van der Waals surface area (Å²) in [6.07, 6.45) is 2.17. The molecule has 0 saturated carbocycles.